The molecule has 1 heterocycles. The first-order chi connectivity index (χ1) is 5.16. The number of carbonyl (C=O) groups excluding carboxylic acids is 2. The average Bonchev–Trinajstić information content (AvgIpc) is 2.17. The van der Waals surface area contributed by atoms with Crippen LogP contribution in [0.3, 0.4) is 0 Å². The van der Waals surface area contributed by atoms with E-state index >= 15 is 0 Å². The summed E-state index contributed by atoms with van der Waals surface area (Å²) in [6.07, 6.45) is 1.59. The van der Waals surface area contributed by atoms with E-state index in [1.54, 1.807) is 6.92 Å². The largest absolute Gasteiger partial charge is 0.289 e. The molecule has 11 heavy (non-hydrogen) atoms. The molecule has 1 aliphatic heterocycles. The van der Waals surface area contributed by atoms with Gasteiger partial charge in [-0.15, -0.1) is 0 Å². The topological polar surface area (TPSA) is 46.2 Å². The molecule has 3 heteroatoms. The number of imide groups is 1. The number of amides is 2. The van der Waals surface area contributed by atoms with Gasteiger partial charge in [0.2, 0.25) is 0 Å². The molecule has 0 aromatic carbocycles. The van der Waals surface area contributed by atoms with Gasteiger partial charge in [0.1, 0.15) is 0 Å². The van der Waals surface area contributed by atoms with Gasteiger partial charge in [-0.2, -0.15) is 0 Å². The standard InChI is InChI=1S/C8H11NO2/c1-3-4-6-5(2)7(10)9-8(6)11/h3-4H2,1-2H3,(H,9,10,11). The molecular weight excluding hydrogens is 142 g/mol. The van der Waals surface area contributed by atoms with Gasteiger partial charge in [0.15, 0.2) is 0 Å². The number of rotatable bonds is 2. The minimum absolute atomic E-state index is 0.214. The second kappa shape index (κ2) is 2.86. The predicted molar refractivity (Wildman–Crippen MR) is 40.8 cm³/mol. The highest BCUT2D eigenvalue weighted by Gasteiger charge is 2.25. The summed E-state index contributed by atoms with van der Waals surface area (Å²) in [5.74, 6) is -0.451. The third-order valence-electron chi connectivity index (χ3n) is 1.79. The Balaban J connectivity index is 2.87. The Morgan fingerprint density at radius 3 is 2.27 bits per heavy atom. The van der Waals surface area contributed by atoms with Crippen molar-refractivity contribution < 1.29 is 9.59 Å². The summed E-state index contributed by atoms with van der Waals surface area (Å²) in [5, 5.41) is 2.25. The molecule has 0 spiro atoms. The highest BCUT2D eigenvalue weighted by molar-refractivity contribution is 6.19. The molecule has 0 aromatic heterocycles. The number of hydrogen-bond acceptors (Lipinski definition) is 2. The van der Waals surface area contributed by atoms with Crippen molar-refractivity contribution in [1.29, 1.82) is 0 Å². The summed E-state index contributed by atoms with van der Waals surface area (Å²) < 4.78 is 0. The first-order valence-corrected chi connectivity index (χ1v) is 3.72. The Morgan fingerprint density at radius 1 is 1.27 bits per heavy atom. The fourth-order valence-electron chi connectivity index (χ4n) is 1.13. The van der Waals surface area contributed by atoms with Crippen LogP contribution in [0, 0.1) is 0 Å². The van der Waals surface area contributed by atoms with Crippen molar-refractivity contribution in [2.45, 2.75) is 26.7 Å². The average molecular weight is 153 g/mol. The van der Waals surface area contributed by atoms with Gasteiger partial charge in [-0.05, 0) is 13.3 Å². The first-order valence-electron chi connectivity index (χ1n) is 3.72. The van der Waals surface area contributed by atoms with Gasteiger partial charge in [-0.3, -0.25) is 14.9 Å². The van der Waals surface area contributed by atoms with E-state index in [-0.39, 0.29) is 11.8 Å². The molecular formula is C8H11NO2. The molecule has 3 nitrogen and oxygen atoms in total. The molecule has 0 saturated carbocycles. The molecule has 0 saturated heterocycles. The number of hydrogen-bond donors (Lipinski definition) is 1. The van der Waals surface area contributed by atoms with Gasteiger partial charge in [-0.1, -0.05) is 13.3 Å². The maximum atomic E-state index is 11.0. The quantitative estimate of drug-likeness (QED) is 0.595. The Bertz CT molecular complexity index is 240. The van der Waals surface area contributed by atoms with E-state index in [9.17, 15) is 9.59 Å². The third kappa shape index (κ3) is 1.31. The van der Waals surface area contributed by atoms with E-state index in [2.05, 4.69) is 5.32 Å². The minimum Gasteiger partial charge on any atom is -0.289 e. The zero-order valence-corrected chi connectivity index (χ0v) is 6.73. The Kier molecular flexibility index (Phi) is 2.08. The molecule has 1 N–H and O–H groups in total. The zero-order chi connectivity index (χ0) is 8.43. The number of nitrogens with one attached hydrogen (secondary N) is 1. The van der Waals surface area contributed by atoms with Gasteiger partial charge in [0.05, 0.1) is 0 Å². The molecule has 1 aliphatic rings. The lowest BCUT2D eigenvalue weighted by molar-refractivity contribution is -0.124. The number of carbonyl (C=O) groups is 2. The van der Waals surface area contributed by atoms with Gasteiger partial charge >= 0.3 is 0 Å². The lowest BCUT2D eigenvalue weighted by Gasteiger charge is -1.94. The molecule has 60 valence electrons. The normalized spacial score (nSPS) is 17.6. The van der Waals surface area contributed by atoms with Crippen molar-refractivity contribution in [2.24, 2.45) is 0 Å². The van der Waals surface area contributed by atoms with Crippen LogP contribution in [0.1, 0.15) is 26.7 Å². The van der Waals surface area contributed by atoms with Crippen LogP contribution < -0.4 is 5.32 Å². The Hall–Kier alpha value is -1.12. The summed E-state index contributed by atoms with van der Waals surface area (Å²) in [4.78, 5) is 21.9. The highest BCUT2D eigenvalue weighted by atomic mass is 16.2. The summed E-state index contributed by atoms with van der Waals surface area (Å²) in [6.45, 7) is 3.67. The van der Waals surface area contributed by atoms with Crippen molar-refractivity contribution in [1.82, 2.24) is 5.32 Å². The van der Waals surface area contributed by atoms with Crippen LogP contribution in [0.2, 0.25) is 0 Å². The van der Waals surface area contributed by atoms with E-state index in [4.69, 9.17) is 0 Å². The summed E-state index contributed by atoms with van der Waals surface area (Å²) in [6, 6.07) is 0. The van der Waals surface area contributed by atoms with Gasteiger partial charge in [0.25, 0.3) is 11.8 Å². The van der Waals surface area contributed by atoms with E-state index in [1.165, 1.54) is 0 Å². The van der Waals surface area contributed by atoms with E-state index in [1.807, 2.05) is 6.92 Å². The van der Waals surface area contributed by atoms with Crippen LogP contribution in [-0.4, -0.2) is 11.8 Å². The monoisotopic (exact) mass is 153 g/mol. The summed E-state index contributed by atoms with van der Waals surface area (Å²) in [7, 11) is 0. The van der Waals surface area contributed by atoms with Gasteiger partial charge in [-0.25, -0.2) is 0 Å². The van der Waals surface area contributed by atoms with Crippen molar-refractivity contribution in [3.8, 4) is 0 Å². The van der Waals surface area contributed by atoms with Crippen LogP contribution in [-0.2, 0) is 9.59 Å². The van der Waals surface area contributed by atoms with Crippen molar-refractivity contribution in [2.75, 3.05) is 0 Å². The van der Waals surface area contributed by atoms with Crippen LogP contribution in [0.5, 0.6) is 0 Å². The molecule has 1 rings (SSSR count). The maximum Gasteiger partial charge on any atom is 0.254 e. The molecule has 0 aliphatic carbocycles. The molecule has 2 amide bonds. The predicted octanol–water partition coefficient (Wildman–Crippen LogP) is 0.759. The molecule has 0 aromatic rings. The molecule has 0 radical (unpaired) electrons. The zero-order valence-electron chi connectivity index (χ0n) is 6.73. The first kappa shape index (κ1) is 7.98. The molecule has 0 unspecified atom stereocenters. The van der Waals surface area contributed by atoms with Crippen LogP contribution in [0.25, 0.3) is 0 Å². The summed E-state index contributed by atoms with van der Waals surface area (Å²) >= 11 is 0. The Labute approximate surface area is 65.5 Å². The van der Waals surface area contributed by atoms with Crippen LogP contribution in [0.4, 0.5) is 0 Å². The van der Waals surface area contributed by atoms with E-state index in [0.29, 0.717) is 17.6 Å². The minimum atomic E-state index is -0.238. The smallest absolute Gasteiger partial charge is 0.254 e. The molecule has 0 fully saturated rings. The second-order valence-electron chi connectivity index (χ2n) is 2.64. The fraction of sp³-hybridized carbons (Fsp3) is 0.500. The third-order valence-corrected chi connectivity index (χ3v) is 1.79. The second-order valence-corrected chi connectivity index (χ2v) is 2.64. The van der Waals surface area contributed by atoms with Gasteiger partial charge in [0, 0.05) is 11.1 Å². The fourth-order valence-corrected chi connectivity index (χ4v) is 1.13. The summed E-state index contributed by atoms with van der Waals surface area (Å²) in [5.41, 5.74) is 1.23. The molecule has 0 atom stereocenters. The van der Waals surface area contributed by atoms with Gasteiger partial charge < -0.3 is 0 Å². The van der Waals surface area contributed by atoms with Crippen molar-refractivity contribution >= 4 is 11.8 Å². The lowest BCUT2D eigenvalue weighted by atomic mass is 10.1. The Morgan fingerprint density at radius 2 is 1.91 bits per heavy atom. The van der Waals surface area contributed by atoms with Crippen LogP contribution >= 0.6 is 0 Å². The van der Waals surface area contributed by atoms with E-state index < -0.39 is 0 Å². The van der Waals surface area contributed by atoms with Crippen molar-refractivity contribution in [3.63, 3.8) is 0 Å². The SMILES string of the molecule is CCCC1=C(C)C(=O)NC1=O. The maximum absolute atomic E-state index is 11.0. The highest BCUT2D eigenvalue weighted by Crippen LogP contribution is 2.16. The molecule has 0 bridgehead atoms. The lowest BCUT2D eigenvalue weighted by Crippen LogP contribution is -2.22. The van der Waals surface area contributed by atoms with Crippen molar-refractivity contribution in [3.05, 3.63) is 11.1 Å². The van der Waals surface area contributed by atoms with Crippen LogP contribution in [0.15, 0.2) is 11.1 Å². The van der Waals surface area contributed by atoms with E-state index in [0.717, 1.165) is 6.42 Å².